The van der Waals surface area contributed by atoms with Crippen molar-refractivity contribution in [2.24, 2.45) is 0 Å². The van der Waals surface area contributed by atoms with Crippen molar-refractivity contribution in [3.05, 3.63) is 241 Å². The summed E-state index contributed by atoms with van der Waals surface area (Å²) in [6.07, 6.45) is 1.85. The minimum atomic E-state index is 0.927. The Balaban J connectivity index is 0.000000704. The fourth-order valence-electron chi connectivity index (χ4n) is 12.3. The molecule has 2 radical (unpaired) electrons. The average molecular weight is 940 g/mol. The normalized spacial score (nSPS) is 12.3. The highest BCUT2D eigenvalue weighted by Gasteiger charge is 2.32. The molecule has 0 atom stereocenters. The molecule has 0 fully saturated rings. The molecule has 73 heavy (non-hydrogen) atoms. The molecule has 0 N–H and O–H groups in total. The largest absolute Gasteiger partial charge is 0.309 e. The van der Waals surface area contributed by atoms with E-state index in [0.717, 1.165) is 12.8 Å². The van der Waals surface area contributed by atoms with Crippen molar-refractivity contribution >= 4 is 107 Å². The first-order valence-corrected chi connectivity index (χ1v) is 25.8. The second-order valence-electron chi connectivity index (χ2n) is 18.2. The summed E-state index contributed by atoms with van der Waals surface area (Å²) in [6.45, 7) is 9.50. The molecule has 13 aromatic rings. The van der Waals surface area contributed by atoms with Gasteiger partial charge in [-0.15, -0.1) is 0 Å². The molecule has 13 aromatic carbocycles. The average Bonchev–Trinajstić information content (AvgIpc) is 4.01. The van der Waals surface area contributed by atoms with Crippen molar-refractivity contribution in [2.45, 2.75) is 54.8 Å². The molecule has 0 spiro atoms. The summed E-state index contributed by atoms with van der Waals surface area (Å²) in [5.74, 6) is 0. The van der Waals surface area contributed by atoms with Crippen LogP contribution >= 0.6 is 0 Å². The molecule has 0 unspecified atom stereocenters. The fourth-order valence-corrected chi connectivity index (χ4v) is 12.3. The van der Waals surface area contributed by atoms with Crippen molar-refractivity contribution in [1.82, 2.24) is 0 Å². The van der Waals surface area contributed by atoms with Crippen LogP contribution in [0.25, 0.3) is 86.9 Å². The van der Waals surface area contributed by atoms with Crippen molar-refractivity contribution < 1.29 is 1.37 Å². The number of para-hydroxylation sites is 4. The van der Waals surface area contributed by atoms with Gasteiger partial charge in [0.2, 0.25) is 0 Å². The molecule has 0 saturated heterocycles. The van der Waals surface area contributed by atoms with Gasteiger partial charge in [0.15, 0.2) is 0 Å². The van der Waals surface area contributed by atoms with Crippen LogP contribution < -0.4 is 9.80 Å². The summed E-state index contributed by atoms with van der Waals surface area (Å²) in [4.78, 5) is 5.04. The second kappa shape index (κ2) is 19.3. The van der Waals surface area contributed by atoms with Crippen LogP contribution in [0.15, 0.2) is 218 Å². The standard InChI is InChI=1S/C64H40N2.2C2H6.CH3B.CH4/c1-3-17-39(18-4-1)57-61-47-27-15-25-45-56(66-53-31-13-9-23-43(53)38-44-24-10-14-32-54(44)66)36-34-50(59(45)47)64(61)58(40-19-5-2-6-20-40)62-48-28-16-26-46-55(35-33-49(60(46)48)63(57)62)65-51-29-11-7-21-41(51)37-42-22-8-12-30-52(42)65;3*1-2;/h1-36H,37-38H2;2*1-2H3;1H3;1H4/i;;;;1D. The quantitative estimate of drug-likeness (QED) is 0.162. The second-order valence-corrected chi connectivity index (χ2v) is 18.2. The van der Waals surface area contributed by atoms with Gasteiger partial charge >= 0.3 is 0 Å². The van der Waals surface area contributed by atoms with Crippen LogP contribution in [0.5, 0.6) is 0 Å². The molecular formula is C70H59BN2. The molecule has 0 aromatic heterocycles. The highest BCUT2D eigenvalue weighted by molar-refractivity contribution is 6.47. The monoisotopic (exact) mass is 939 g/mol. The predicted octanol–water partition coefficient (Wildman–Crippen LogP) is 20.5. The van der Waals surface area contributed by atoms with Crippen LogP contribution in [0, 0.1) is 0 Å². The van der Waals surface area contributed by atoms with E-state index >= 15 is 0 Å². The maximum Gasteiger partial charge on any atom is 0.0606 e. The van der Waals surface area contributed by atoms with Crippen LogP contribution in [0.2, 0.25) is 6.82 Å². The number of benzene rings is 11. The fraction of sp³-hybridized carbons (Fsp3) is 0.114. The first-order chi connectivity index (χ1) is 36.8. The van der Waals surface area contributed by atoms with Gasteiger partial charge in [0.05, 0.1) is 19.2 Å². The first kappa shape index (κ1) is 45.7. The topological polar surface area (TPSA) is 6.48 Å². The smallest absolute Gasteiger partial charge is 0.0606 e. The van der Waals surface area contributed by atoms with E-state index in [1.54, 1.807) is 0 Å². The lowest BCUT2D eigenvalue weighted by molar-refractivity contribution is 1.09. The van der Waals surface area contributed by atoms with Crippen molar-refractivity contribution in [1.29, 1.82) is 0 Å². The minimum absolute atomic E-state index is 0.927. The van der Waals surface area contributed by atoms with Gasteiger partial charge in [-0.1, -0.05) is 224 Å². The van der Waals surface area contributed by atoms with E-state index in [-0.39, 0.29) is 0 Å². The SMILES string of the molecule is CC.CC.[2H]C.[B]C.c1ccc(-c2c3c4cccc5c(N6c7ccccc7Cc7ccccc76)ccc(c3c(-c3ccccc3)c3c6cccc7c(N8c9ccccc9Cc9ccccc98)ccc(c23)c76)c54)cc1. The Labute approximate surface area is 433 Å². The third-order valence-electron chi connectivity index (χ3n) is 14.9. The lowest BCUT2D eigenvalue weighted by atomic mass is 9.87. The zero-order valence-electron chi connectivity index (χ0n) is 43.7. The summed E-state index contributed by atoms with van der Waals surface area (Å²) < 4.78 is 5.75. The summed E-state index contributed by atoms with van der Waals surface area (Å²) in [6, 6.07) is 81.9. The van der Waals surface area contributed by atoms with E-state index in [4.69, 9.17) is 1.37 Å². The number of hydrogen-bond acceptors (Lipinski definition) is 2. The zero-order chi connectivity index (χ0) is 51.0. The molecule has 0 saturated carbocycles. The molecule has 2 nitrogen and oxygen atoms in total. The van der Waals surface area contributed by atoms with Crippen molar-refractivity contribution in [3.8, 4) is 22.3 Å². The summed E-state index contributed by atoms with van der Waals surface area (Å²) in [5.41, 5.74) is 17.9. The molecule has 0 aliphatic carbocycles. The maximum absolute atomic E-state index is 5.75. The number of hydrogen-bond donors (Lipinski definition) is 0. The highest BCUT2D eigenvalue weighted by atomic mass is 15.2. The van der Waals surface area contributed by atoms with Crippen LogP contribution in [0.4, 0.5) is 34.1 Å². The highest BCUT2D eigenvalue weighted by Crippen LogP contribution is 2.58. The van der Waals surface area contributed by atoms with E-state index < -0.39 is 0 Å². The molecular weight excluding hydrogens is 880 g/mol. The molecule has 352 valence electrons. The third-order valence-corrected chi connectivity index (χ3v) is 14.9. The van der Waals surface area contributed by atoms with E-state index in [2.05, 4.69) is 236 Å². The predicted molar refractivity (Wildman–Crippen MR) is 321 cm³/mol. The Morgan fingerprint density at radius 3 is 0.890 bits per heavy atom. The molecule has 15 rings (SSSR count). The number of anilines is 6. The Morgan fingerprint density at radius 2 is 0.562 bits per heavy atom. The van der Waals surface area contributed by atoms with Gasteiger partial charge in [0.25, 0.3) is 0 Å². The van der Waals surface area contributed by atoms with Gasteiger partial charge in [-0.2, -0.15) is 0 Å². The summed E-state index contributed by atoms with van der Waals surface area (Å²) in [7, 11) is 5.75. The van der Waals surface area contributed by atoms with Gasteiger partial charge < -0.3 is 9.80 Å². The Kier molecular flexibility index (Phi) is 12.1. The van der Waals surface area contributed by atoms with Crippen LogP contribution in [-0.2, 0) is 12.8 Å². The summed E-state index contributed by atoms with van der Waals surface area (Å²) in [5, 5.41) is 15.6. The van der Waals surface area contributed by atoms with Crippen LogP contribution in [0.3, 0.4) is 0 Å². The summed E-state index contributed by atoms with van der Waals surface area (Å²) >= 11 is 0. The van der Waals surface area contributed by atoms with Gasteiger partial charge in [0.1, 0.15) is 0 Å². The van der Waals surface area contributed by atoms with Crippen molar-refractivity contribution in [2.75, 3.05) is 9.80 Å². The van der Waals surface area contributed by atoms with Gasteiger partial charge in [-0.3, -0.25) is 0 Å². The van der Waals surface area contributed by atoms with Gasteiger partial charge in [0, 0.05) is 47.7 Å². The van der Waals surface area contributed by atoms with Gasteiger partial charge in [-0.05, 0) is 135 Å². The Bertz CT molecular complexity index is 3710. The molecule has 0 bridgehead atoms. The van der Waals surface area contributed by atoms with Gasteiger partial charge in [-0.25, -0.2) is 0 Å². The number of fused-ring (bicyclic) bond motifs is 10. The number of rotatable bonds is 4. The van der Waals surface area contributed by atoms with E-state index in [1.807, 2.05) is 27.7 Å². The maximum atomic E-state index is 5.75. The molecule has 2 aliphatic heterocycles. The van der Waals surface area contributed by atoms with E-state index in [9.17, 15) is 0 Å². The molecule has 0 amide bonds. The molecule has 3 heteroatoms. The van der Waals surface area contributed by atoms with Crippen LogP contribution in [-0.4, -0.2) is 7.85 Å². The molecule has 2 aliphatic rings. The lowest BCUT2D eigenvalue weighted by Gasteiger charge is -2.34. The first-order valence-electron chi connectivity index (χ1n) is 26.8. The minimum Gasteiger partial charge on any atom is -0.309 e. The molecule has 2 heterocycles. The van der Waals surface area contributed by atoms with E-state index in [1.165, 1.54) is 157 Å². The Hall–Kier alpha value is -8.40. The third kappa shape index (κ3) is 7.01. The van der Waals surface area contributed by atoms with E-state index in [0.29, 0.717) is 0 Å². The number of nitrogens with zero attached hydrogens (tertiary/aromatic N) is 2. The lowest BCUT2D eigenvalue weighted by Crippen LogP contribution is -2.18. The van der Waals surface area contributed by atoms with Crippen molar-refractivity contribution in [3.63, 3.8) is 0 Å². The Morgan fingerprint density at radius 1 is 0.288 bits per heavy atom. The van der Waals surface area contributed by atoms with Crippen LogP contribution in [0.1, 0.15) is 58.7 Å². The zero-order valence-corrected chi connectivity index (χ0v) is 42.7.